The molecule has 1 aromatic rings. The summed E-state index contributed by atoms with van der Waals surface area (Å²) in [6, 6.07) is 8.34. The fourth-order valence-electron chi connectivity index (χ4n) is 2.46. The molecule has 4 nitrogen and oxygen atoms in total. The molecule has 1 aliphatic rings. The van der Waals surface area contributed by atoms with Gasteiger partial charge in [-0.15, -0.1) is 0 Å². The first kappa shape index (κ1) is 14.9. The number of urea groups is 1. The van der Waals surface area contributed by atoms with E-state index >= 15 is 0 Å². The van der Waals surface area contributed by atoms with Crippen molar-refractivity contribution in [2.75, 3.05) is 25.0 Å². The quantitative estimate of drug-likeness (QED) is 0.871. The number of hydrogen-bond donors (Lipinski definition) is 2. The van der Waals surface area contributed by atoms with Gasteiger partial charge < -0.3 is 15.5 Å². The lowest BCUT2D eigenvalue weighted by Crippen LogP contribution is -2.43. The van der Waals surface area contributed by atoms with Gasteiger partial charge in [0.05, 0.1) is 0 Å². The third-order valence-corrected chi connectivity index (χ3v) is 3.81. The summed E-state index contributed by atoms with van der Waals surface area (Å²) < 4.78 is 0. The van der Waals surface area contributed by atoms with Gasteiger partial charge in [-0.1, -0.05) is 26.0 Å². The third-order valence-electron chi connectivity index (χ3n) is 3.81. The molecule has 1 fully saturated rings. The zero-order valence-corrected chi connectivity index (χ0v) is 12.6. The van der Waals surface area contributed by atoms with Gasteiger partial charge in [-0.05, 0) is 43.5 Å². The fourth-order valence-corrected chi connectivity index (χ4v) is 2.46. The number of nitrogens with zero attached hydrogens (tertiary/aromatic N) is 1. The Labute approximate surface area is 121 Å². The minimum atomic E-state index is -0.00139. The molecule has 1 heterocycles. The van der Waals surface area contributed by atoms with E-state index in [0.717, 1.165) is 31.7 Å². The smallest absolute Gasteiger partial charge is 0.321 e. The van der Waals surface area contributed by atoms with Gasteiger partial charge in [0.1, 0.15) is 0 Å². The summed E-state index contributed by atoms with van der Waals surface area (Å²) in [4.78, 5) is 14.2. The number of benzene rings is 1. The molecule has 4 heteroatoms. The molecule has 0 aromatic heterocycles. The number of amides is 2. The van der Waals surface area contributed by atoms with Crippen LogP contribution in [0.2, 0.25) is 0 Å². The van der Waals surface area contributed by atoms with E-state index in [9.17, 15) is 4.79 Å². The second kappa shape index (κ2) is 6.75. The molecule has 1 atom stereocenters. The average Bonchev–Trinajstić information content (AvgIpc) is 2.64. The van der Waals surface area contributed by atoms with Crippen LogP contribution in [-0.2, 0) is 0 Å². The molecular weight excluding hydrogens is 250 g/mol. The fraction of sp³-hybridized carbons (Fsp3) is 0.562. The Morgan fingerprint density at radius 3 is 2.70 bits per heavy atom. The predicted octanol–water partition coefficient (Wildman–Crippen LogP) is 3.03. The number of anilines is 1. The van der Waals surface area contributed by atoms with Crippen LogP contribution in [0.15, 0.2) is 24.3 Å². The standard InChI is InChI=1S/C16H25N3O/c1-12(2)14-5-7-15(8-6-14)18-16(20)19-10-4-9-17-11-13(19)3/h5-8,12-13,17H,4,9-11H2,1-3H3,(H,18,20)/t13-/m1/s1. The average molecular weight is 275 g/mol. The molecule has 0 radical (unpaired) electrons. The van der Waals surface area contributed by atoms with Crippen LogP contribution in [0.3, 0.4) is 0 Å². The van der Waals surface area contributed by atoms with Gasteiger partial charge in [-0.2, -0.15) is 0 Å². The maximum atomic E-state index is 12.3. The van der Waals surface area contributed by atoms with Crippen LogP contribution in [-0.4, -0.2) is 36.6 Å². The van der Waals surface area contributed by atoms with E-state index in [-0.39, 0.29) is 12.1 Å². The normalized spacial score (nSPS) is 19.8. The second-order valence-corrected chi connectivity index (χ2v) is 5.81. The lowest BCUT2D eigenvalue weighted by Gasteiger charge is -2.27. The molecule has 2 amide bonds. The largest absolute Gasteiger partial charge is 0.322 e. The molecule has 1 aliphatic heterocycles. The highest BCUT2D eigenvalue weighted by Crippen LogP contribution is 2.18. The first-order chi connectivity index (χ1) is 9.58. The molecule has 0 bridgehead atoms. The zero-order valence-electron chi connectivity index (χ0n) is 12.6. The Kier molecular flexibility index (Phi) is 5.01. The van der Waals surface area contributed by atoms with Crippen molar-refractivity contribution < 1.29 is 4.79 Å². The van der Waals surface area contributed by atoms with Crippen LogP contribution in [0.4, 0.5) is 10.5 Å². The highest BCUT2D eigenvalue weighted by atomic mass is 16.2. The molecule has 0 aliphatic carbocycles. The van der Waals surface area contributed by atoms with Crippen molar-refractivity contribution >= 4 is 11.7 Å². The van der Waals surface area contributed by atoms with Crippen LogP contribution >= 0.6 is 0 Å². The number of carbonyl (C=O) groups is 1. The maximum Gasteiger partial charge on any atom is 0.322 e. The van der Waals surface area contributed by atoms with E-state index in [0.29, 0.717) is 5.92 Å². The summed E-state index contributed by atoms with van der Waals surface area (Å²) in [5.41, 5.74) is 2.15. The van der Waals surface area contributed by atoms with E-state index in [1.54, 1.807) is 0 Å². The van der Waals surface area contributed by atoms with Crippen molar-refractivity contribution in [3.05, 3.63) is 29.8 Å². The lowest BCUT2D eigenvalue weighted by atomic mass is 10.0. The number of hydrogen-bond acceptors (Lipinski definition) is 2. The molecule has 0 spiro atoms. The summed E-state index contributed by atoms with van der Waals surface area (Å²) in [5, 5.41) is 6.34. The molecule has 110 valence electrons. The van der Waals surface area contributed by atoms with Gasteiger partial charge in [0, 0.05) is 24.8 Å². The van der Waals surface area contributed by atoms with Crippen LogP contribution in [0.25, 0.3) is 0 Å². The maximum absolute atomic E-state index is 12.3. The summed E-state index contributed by atoms with van der Waals surface area (Å²) in [7, 11) is 0. The van der Waals surface area contributed by atoms with Crippen LogP contribution in [0, 0.1) is 0 Å². The Morgan fingerprint density at radius 1 is 1.35 bits per heavy atom. The van der Waals surface area contributed by atoms with Gasteiger partial charge in [0.15, 0.2) is 0 Å². The van der Waals surface area contributed by atoms with E-state index in [2.05, 4.69) is 43.5 Å². The molecule has 2 N–H and O–H groups in total. The number of nitrogens with one attached hydrogen (secondary N) is 2. The second-order valence-electron chi connectivity index (χ2n) is 5.81. The van der Waals surface area contributed by atoms with Crippen LogP contribution in [0.1, 0.15) is 38.7 Å². The van der Waals surface area contributed by atoms with Gasteiger partial charge >= 0.3 is 6.03 Å². The molecular formula is C16H25N3O. The van der Waals surface area contributed by atoms with Gasteiger partial charge in [0.25, 0.3) is 0 Å². The summed E-state index contributed by atoms with van der Waals surface area (Å²) in [6.07, 6.45) is 1.00. The van der Waals surface area contributed by atoms with E-state index in [1.807, 2.05) is 17.0 Å². The molecule has 0 saturated carbocycles. The van der Waals surface area contributed by atoms with Gasteiger partial charge in [-0.25, -0.2) is 4.79 Å². The Morgan fingerprint density at radius 2 is 2.05 bits per heavy atom. The summed E-state index contributed by atoms with van der Waals surface area (Å²) in [6.45, 7) is 9.07. The van der Waals surface area contributed by atoms with Crippen LogP contribution in [0.5, 0.6) is 0 Å². The minimum absolute atomic E-state index is 0.00139. The molecule has 1 saturated heterocycles. The molecule has 0 unspecified atom stereocenters. The van der Waals surface area contributed by atoms with Gasteiger partial charge in [0.2, 0.25) is 0 Å². The van der Waals surface area contributed by atoms with Crippen molar-refractivity contribution in [3.63, 3.8) is 0 Å². The number of rotatable bonds is 2. The first-order valence-electron chi connectivity index (χ1n) is 7.46. The van der Waals surface area contributed by atoms with Crippen molar-refractivity contribution in [1.29, 1.82) is 0 Å². The van der Waals surface area contributed by atoms with Crippen molar-refractivity contribution in [3.8, 4) is 0 Å². The Hall–Kier alpha value is -1.55. The lowest BCUT2D eigenvalue weighted by molar-refractivity contribution is 0.197. The van der Waals surface area contributed by atoms with Crippen molar-refractivity contribution in [1.82, 2.24) is 10.2 Å². The molecule has 20 heavy (non-hydrogen) atoms. The topological polar surface area (TPSA) is 44.4 Å². The van der Waals surface area contributed by atoms with E-state index in [1.165, 1.54) is 5.56 Å². The molecule has 2 rings (SSSR count). The summed E-state index contributed by atoms with van der Waals surface area (Å²) in [5.74, 6) is 0.511. The Balaban J connectivity index is 1.99. The van der Waals surface area contributed by atoms with Crippen LogP contribution < -0.4 is 10.6 Å². The minimum Gasteiger partial charge on any atom is -0.321 e. The number of carbonyl (C=O) groups excluding carboxylic acids is 1. The highest BCUT2D eigenvalue weighted by Gasteiger charge is 2.21. The van der Waals surface area contributed by atoms with Gasteiger partial charge in [-0.3, -0.25) is 0 Å². The van der Waals surface area contributed by atoms with E-state index in [4.69, 9.17) is 0 Å². The van der Waals surface area contributed by atoms with Crippen molar-refractivity contribution in [2.24, 2.45) is 0 Å². The van der Waals surface area contributed by atoms with E-state index < -0.39 is 0 Å². The monoisotopic (exact) mass is 275 g/mol. The first-order valence-corrected chi connectivity index (χ1v) is 7.46. The third kappa shape index (κ3) is 3.73. The highest BCUT2D eigenvalue weighted by molar-refractivity contribution is 5.89. The summed E-state index contributed by atoms with van der Waals surface area (Å²) >= 11 is 0. The molecule has 1 aromatic carbocycles. The predicted molar refractivity (Wildman–Crippen MR) is 83.2 cm³/mol. The zero-order chi connectivity index (χ0) is 14.5. The van der Waals surface area contributed by atoms with Crippen molar-refractivity contribution in [2.45, 2.75) is 39.2 Å². The Bertz CT molecular complexity index is 442. The SMILES string of the molecule is CC(C)c1ccc(NC(=O)N2CCCNC[C@H]2C)cc1.